The molecule has 0 aliphatic rings. The summed E-state index contributed by atoms with van der Waals surface area (Å²) in [5.41, 5.74) is 2.85. The molecule has 0 atom stereocenters. The molecule has 2 aromatic rings. The van der Waals surface area contributed by atoms with E-state index in [9.17, 15) is 10.1 Å². The number of imidazole rings is 1. The van der Waals surface area contributed by atoms with Crippen molar-refractivity contribution in [2.45, 2.75) is 13.5 Å². The lowest BCUT2D eigenvalue weighted by Crippen LogP contribution is -2.05. The second-order valence-electron chi connectivity index (χ2n) is 4.11. The number of non-ortho nitro benzene ring substituents is 1. The number of benzene rings is 1. The summed E-state index contributed by atoms with van der Waals surface area (Å²) in [6.45, 7) is 2.49. The highest BCUT2D eigenvalue weighted by molar-refractivity contribution is 5.56. The molecule has 0 saturated heterocycles. The summed E-state index contributed by atoms with van der Waals surface area (Å²) >= 11 is 0. The van der Waals surface area contributed by atoms with Gasteiger partial charge >= 0.3 is 0 Å². The molecule has 6 heteroatoms. The Kier molecular flexibility index (Phi) is 3.27. The Labute approximate surface area is 104 Å². The molecule has 1 aromatic heterocycles. The van der Waals surface area contributed by atoms with Crippen LogP contribution in [0.3, 0.4) is 0 Å². The molecule has 0 unspecified atom stereocenters. The van der Waals surface area contributed by atoms with Gasteiger partial charge in [-0.25, -0.2) is 4.98 Å². The summed E-state index contributed by atoms with van der Waals surface area (Å²) in [6, 6.07) is 4.79. The van der Waals surface area contributed by atoms with Gasteiger partial charge in [0, 0.05) is 31.1 Å². The fourth-order valence-corrected chi connectivity index (χ4v) is 1.65. The van der Waals surface area contributed by atoms with Gasteiger partial charge in [-0.1, -0.05) is 6.07 Å². The Hall–Kier alpha value is -2.37. The van der Waals surface area contributed by atoms with E-state index >= 15 is 0 Å². The number of hydrogen-bond donors (Lipinski definition) is 1. The Bertz CT molecular complexity index is 577. The molecule has 94 valence electrons. The van der Waals surface area contributed by atoms with E-state index in [1.165, 1.54) is 6.07 Å². The number of aryl methyl sites for hydroxylation is 2. The first-order valence-corrected chi connectivity index (χ1v) is 5.52. The average Bonchev–Trinajstić information content (AvgIpc) is 2.73. The van der Waals surface area contributed by atoms with Crippen molar-refractivity contribution in [2.75, 3.05) is 5.32 Å². The Morgan fingerprint density at radius 3 is 2.89 bits per heavy atom. The maximum Gasteiger partial charge on any atom is 0.271 e. The van der Waals surface area contributed by atoms with Crippen molar-refractivity contribution < 1.29 is 4.92 Å². The van der Waals surface area contributed by atoms with Gasteiger partial charge in [-0.05, 0) is 12.5 Å². The van der Waals surface area contributed by atoms with Gasteiger partial charge in [0.25, 0.3) is 5.69 Å². The molecule has 18 heavy (non-hydrogen) atoms. The molecule has 0 radical (unpaired) electrons. The van der Waals surface area contributed by atoms with Gasteiger partial charge < -0.3 is 9.88 Å². The van der Waals surface area contributed by atoms with Crippen molar-refractivity contribution in [1.82, 2.24) is 9.55 Å². The van der Waals surface area contributed by atoms with Crippen LogP contribution in [0.15, 0.2) is 30.7 Å². The van der Waals surface area contributed by atoms with E-state index in [0.29, 0.717) is 6.54 Å². The monoisotopic (exact) mass is 246 g/mol. The summed E-state index contributed by atoms with van der Waals surface area (Å²) < 4.78 is 1.90. The number of anilines is 1. The number of nitro groups is 1. The number of nitrogens with one attached hydrogen (secondary N) is 1. The van der Waals surface area contributed by atoms with Crippen molar-refractivity contribution in [3.05, 3.63) is 52.1 Å². The van der Waals surface area contributed by atoms with Crippen molar-refractivity contribution in [1.29, 1.82) is 0 Å². The van der Waals surface area contributed by atoms with Crippen LogP contribution in [0.4, 0.5) is 11.4 Å². The number of hydrogen-bond acceptors (Lipinski definition) is 4. The van der Waals surface area contributed by atoms with E-state index in [-0.39, 0.29) is 5.69 Å². The first-order chi connectivity index (χ1) is 8.58. The summed E-state index contributed by atoms with van der Waals surface area (Å²) in [4.78, 5) is 14.3. The highest BCUT2D eigenvalue weighted by atomic mass is 16.6. The highest BCUT2D eigenvalue weighted by Crippen LogP contribution is 2.22. The lowest BCUT2D eigenvalue weighted by Gasteiger charge is -2.09. The van der Waals surface area contributed by atoms with Crippen LogP contribution in [0.1, 0.15) is 11.3 Å². The van der Waals surface area contributed by atoms with Crippen LogP contribution in [-0.4, -0.2) is 14.5 Å². The highest BCUT2D eigenvalue weighted by Gasteiger charge is 2.08. The van der Waals surface area contributed by atoms with Crippen molar-refractivity contribution in [3.8, 4) is 0 Å². The third-order valence-electron chi connectivity index (χ3n) is 2.81. The van der Waals surface area contributed by atoms with Gasteiger partial charge in [0.1, 0.15) is 0 Å². The zero-order chi connectivity index (χ0) is 13.1. The SMILES string of the molecule is Cc1ccc([N+](=O)[O-])cc1NCc1cncn1C. The molecule has 6 nitrogen and oxygen atoms in total. The van der Waals surface area contributed by atoms with E-state index < -0.39 is 4.92 Å². The molecular weight excluding hydrogens is 232 g/mol. The van der Waals surface area contributed by atoms with E-state index in [1.54, 1.807) is 24.7 Å². The van der Waals surface area contributed by atoms with Crippen LogP contribution >= 0.6 is 0 Å². The first kappa shape index (κ1) is 12.1. The van der Waals surface area contributed by atoms with Gasteiger partial charge in [0.15, 0.2) is 0 Å². The number of nitro benzene ring substituents is 1. The zero-order valence-electron chi connectivity index (χ0n) is 10.3. The molecular formula is C12H14N4O2. The van der Waals surface area contributed by atoms with Crippen LogP contribution in [0.2, 0.25) is 0 Å². The van der Waals surface area contributed by atoms with E-state index in [1.807, 2.05) is 18.5 Å². The number of rotatable bonds is 4. The molecule has 0 saturated carbocycles. The molecule has 0 aliphatic heterocycles. The van der Waals surface area contributed by atoms with E-state index in [0.717, 1.165) is 16.9 Å². The molecule has 1 aromatic carbocycles. The smallest absolute Gasteiger partial charge is 0.271 e. The average molecular weight is 246 g/mol. The van der Waals surface area contributed by atoms with Gasteiger partial charge in [0.2, 0.25) is 0 Å². The van der Waals surface area contributed by atoms with Crippen molar-refractivity contribution in [2.24, 2.45) is 7.05 Å². The van der Waals surface area contributed by atoms with Crippen LogP contribution in [0, 0.1) is 17.0 Å². The van der Waals surface area contributed by atoms with Gasteiger partial charge in [0.05, 0.1) is 23.5 Å². The van der Waals surface area contributed by atoms with E-state index in [4.69, 9.17) is 0 Å². The molecule has 1 heterocycles. The zero-order valence-corrected chi connectivity index (χ0v) is 10.3. The van der Waals surface area contributed by atoms with Gasteiger partial charge in [-0.2, -0.15) is 0 Å². The van der Waals surface area contributed by atoms with Crippen molar-refractivity contribution in [3.63, 3.8) is 0 Å². The minimum atomic E-state index is -0.394. The quantitative estimate of drug-likeness (QED) is 0.663. The predicted molar refractivity (Wildman–Crippen MR) is 68.4 cm³/mol. The van der Waals surface area contributed by atoms with Crippen LogP contribution in [-0.2, 0) is 13.6 Å². The fraction of sp³-hybridized carbons (Fsp3) is 0.250. The minimum absolute atomic E-state index is 0.0908. The standard InChI is InChI=1S/C12H14N4O2/c1-9-3-4-10(16(17)18)5-12(9)14-7-11-6-13-8-15(11)2/h3-6,8,14H,7H2,1-2H3. The Morgan fingerprint density at radius 2 is 2.28 bits per heavy atom. The van der Waals surface area contributed by atoms with E-state index in [2.05, 4.69) is 10.3 Å². The third-order valence-corrected chi connectivity index (χ3v) is 2.81. The normalized spacial score (nSPS) is 10.3. The topological polar surface area (TPSA) is 73.0 Å². The Balaban J connectivity index is 2.16. The summed E-state index contributed by atoms with van der Waals surface area (Å²) in [7, 11) is 1.91. The van der Waals surface area contributed by atoms with Gasteiger partial charge in [-0.15, -0.1) is 0 Å². The second-order valence-corrected chi connectivity index (χ2v) is 4.11. The summed E-state index contributed by atoms with van der Waals surface area (Å²) in [5, 5.41) is 13.9. The molecule has 0 spiro atoms. The van der Waals surface area contributed by atoms with Crippen LogP contribution < -0.4 is 5.32 Å². The lowest BCUT2D eigenvalue weighted by atomic mass is 10.2. The first-order valence-electron chi connectivity index (χ1n) is 5.52. The van der Waals surface area contributed by atoms with Gasteiger partial charge in [-0.3, -0.25) is 10.1 Å². The van der Waals surface area contributed by atoms with Crippen molar-refractivity contribution >= 4 is 11.4 Å². The molecule has 0 bridgehead atoms. The molecule has 0 fully saturated rings. The van der Waals surface area contributed by atoms with Crippen LogP contribution in [0.25, 0.3) is 0 Å². The molecule has 0 aliphatic carbocycles. The molecule has 0 amide bonds. The Morgan fingerprint density at radius 1 is 1.50 bits per heavy atom. The summed E-state index contributed by atoms with van der Waals surface area (Å²) in [5.74, 6) is 0. The van der Waals surface area contributed by atoms with Crippen LogP contribution in [0.5, 0.6) is 0 Å². The maximum atomic E-state index is 10.7. The fourth-order valence-electron chi connectivity index (χ4n) is 1.65. The number of aromatic nitrogens is 2. The molecule has 2 rings (SSSR count). The largest absolute Gasteiger partial charge is 0.379 e. The molecule has 1 N–H and O–H groups in total. The third kappa shape index (κ3) is 2.48. The predicted octanol–water partition coefficient (Wildman–Crippen LogP) is 2.25. The second kappa shape index (κ2) is 4.87. The lowest BCUT2D eigenvalue weighted by molar-refractivity contribution is -0.384. The number of nitrogens with zero attached hydrogens (tertiary/aromatic N) is 3. The minimum Gasteiger partial charge on any atom is -0.379 e. The maximum absolute atomic E-state index is 10.7. The summed E-state index contributed by atoms with van der Waals surface area (Å²) in [6.07, 6.45) is 3.48.